The SMILES string of the molecule is CCOC(=O)C1=C(C)N=c2sc(=Cc3cc(Br)ccc3O)c(=O)n2[C@H]1c1cc(OC)ccc1OC. The molecule has 182 valence electrons. The Balaban J connectivity index is 2.04. The van der Waals surface area contributed by atoms with E-state index in [9.17, 15) is 14.7 Å². The zero-order valence-corrected chi connectivity index (χ0v) is 21.9. The number of nitrogens with zero attached hydrogens (tertiary/aromatic N) is 2. The van der Waals surface area contributed by atoms with Crippen molar-refractivity contribution in [2.75, 3.05) is 20.8 Å². The van der Waals surface area contributed by atoms with Gasteiger partial charge < -0.3 is 19.3 Å². The van der Waals surface area contributed by atoms with Crippen LogP contribution in [0.1, 0.15) is 31.0 Å². The van der Waals surface area contributed by atoms with Crippen LogP contribution in [-0.4, -0.2) is 36.5 Å². The van der Waals surface area contributed by atoms with Crippen LogP contribution in [-0.2, 0) is 9.53 Å². The van der Waals surface area contributed by atoms with Gasteiger partial charge in [0.05, 0.1) is 36.6 Å². The number of hydrogen-bond acceptors (Lipinski definition) is 8. The minimum atomic E-state index is -0.853. The number of methoxy groups -OCH3 is 2. The average molecular weight is 559 g/mol. The van der Waals surface area contributed by atoms with Crippen LogP contribution in [0.5, 0.6) is 17.2 Å². The number of ether oxygens (including phenoxy) is 3. The molecule has 0 unspecified atom stereocenters. The van der Waals surface area contributed by atoms with Gasteiger partial charge in [-0.1, -0.05) is 27.3 Å². The number of rotatable bonds is 6. The summed E-state index contributed by atoms with van der Waals surface area (Å²) in [7, 11) is 3.06. The Morgan fingerprint density at radius 2 is 2.00 bits per heavy atom. The maximum Gasteiger partial charge on any atom is 0.338 e. The topological polar surface area (TPSA) is 99.4 Å². The lowest BCUT2D eigenvalue weighted by molar-refractivity contribution is -0.139. The molecule has 2 aromatic carbocycles. The van der Waals surface area contributed by atoms with Crippen LogP contribution in [0.2, 0.25) is 0 Å². The van der Waals surface area contributed by atoms with Gasteiger partial charge >= 0.3 is 5.97 Å². The largest absolute Gasteiger partial charge is 0.507 e. The molecule has 1 aliphatic rings. The zero-order chi connectivity index (χ0) is 25.3. The second-order valence-corrected chi connectivity index (χ2v) is 9.54. The van der Waals surface area contributed by atoms with Gasteiger partial charge in [0.25, 0.3) is 5.56 Å². The summed E-state index contributed by atoms with van der Waals surface area (Å²) in [6.07, 6.45) is 1.60. The summed E-state index contributed by atoms with van der Waals surface area (Å²) in [5.74, 6) is 0.488. The molecule has 0 radical (unpaired) electrons. The molecule has 4 rings (SSSR count). The van der Waals surface area contributed by atoms with Gasteiger partial charge in [-0.2, -0.15) is 0 Å². The van der Waals surface area contributed by atoms with Gasteiger partial charge in [-0.3, -0.25) is 9.36 Å². The lowest BCUT2D eigenvalue weighted by Gasteiger charge is -2.26. The van der Waals surface area contributed by atoms with Gasteiger partial charge in [0, 0.05) is 15.6 Å². The van der Waals surface area contributed by atoms with Crippen molar-refractivity contribution in [3.05, 3.63) is 83.0 Å². The van der Waals surface area contributed by atoms with Gasteiger partial charge in [-0.15, -0.1) is 0 Å². The fraction of sp³-hybridized carbons (Fsp3) is 0.240. The fourth-order valence-corrected chi connectivity index (χ4v) is 5.34. The number of hydrogen-bond donors (Lipinski definition) is 1. The third kappa shape index (κ3) is 4.63. The summed E-state index contributed by atoms with van der Waals surface area (Å²) < 4.78 is 18.9. The molecule has 35 heavy (non-hydrogen) atoms. The van der Waals surface area contributed by atoms with E-state index in [0.29, 0.717) is 37.7 Å². The molecule has 2 heterocycles. The highest BCUT2D eigenvalue weighted by Gasteiger charge is 2.35. The Morgan fingerprint density at radius 1 is 1.23 bits per heavy atom. The lowest BCUT2D eigenvalue weighted by atomic mass is 9.94. The van der Waals surface area contributed by atoms with Crippen molar-refractivity contribution in [2.45, 2.75) is 19.9 Å². The number of thiazole rings is 1. The standard InChI is InChI=1S/C25H23BrN2O6S/c1-5-34-24(31)21-13(2)27-25-28(22(21)17-12-16(32-3)7-9-19(17)33-4)23(30)20(35-25)11-14-10-15(26)6-8-18(14)29/h6-12,22,29H,5H2,1-4H3/t22-/m0/s1. The van der Waals surface area contributed by atoms with Crippen molar-refractivity contribution >= 4 is 39.3 Å². The first-order valence-corrected chi connectivity index (χ1v) is 12.3. The van der Waals surface area contributed by atoms with Crippen molar-refractivity contribution in [3.63, 3.8) is 0 Å². The zero-order valence-electron chi connectivity index (χ0n) is 19.5. The number of phenolic OH excluding ortho intramolecular Hbond substituents is 1. The lowest BCUT2D eigenvalue weighted by Crippen LogP contribution is -2.40. The fourth-order valence-electron chi connectivity index (χ4n) is 3.92. The number of allylic oxidation sites excluding steroid dienone is 1. The monoisotopic (exact) mass is 558 g/mol. The van der Waals surface area contributed by atoms with Gasteiger partial charge in [-0.25, -0.2) is 9.79 Å². The second-order valence-electron chi connectivity index (χ2n) is 7.61. The molecule has 10 heteroatoms. The van der Waals surface area contributed by atoms with Crippen LogP contribution in [0.3, 0.4) is 0 Å². The van der Waals surface area contributed by atoms with E-state index in [2.05, 4.69) is 20.9 Å². The van der Waals surface area contributed by atoms with E-state index < -0.39 is 12.0 Å². The van der Waals surface area contributed by atoms with Gasteiger partial charge in [0.15, 0.2) is 4.80 Å². The van der Waals surface area contributed by atoms with Crippen molar-refractivity contribution in [1.82, 2.24) is 4.57 Å². The summed E-state index contributed by atoms with van der Waals surface area (Å²) in [5, 5.41) is 10.3. The van der Waals surface area contributed by atoms with E-state index in [1.54, 1.807) is 56.3 Å². The predicted octanol–water partition coefficient (Wildman–Crippen LogP) is 3.28. The third-order valence-corrected chi connectivity index (χ3v) is 7.00. The van der Waals surface area contributed by atoms with Crippen LogP contribution in [0.15, 0.2) is 61.9 Å². The van der Waals surface area contributed by atoms with Gasteiger partial charge in [0.1, 0.15) is 23.3 Å². The van der Waals surface area contributed by atoms with Crippen molar-refractivity contribution < 1.29 is 24.1 Å². The quantitative estimate of drug-likeness (QED) is 0.466. The molecule has 0 bridgehead atoms. The number of carbonyl (C=O) groups is 1. The second kappa shape index (κ2) is 10.1. The minimum absolute atomic E-state index is 0.0356. The highest BCUT2D eigenvalue weighted by molar-refractivity contribution is 9.10. The van der Waals surface area contributed by atoms with E-state index in [4.69, 9.17) is 14.2 Å². The average Bonchev–Trinajstić information content (AvgIpc) is 3.14. The summed E-state index contributed by atoms with van der Waals surface area (Å²) in [4.78, 5) is 31.8. The Kier molecular flexibility index (Phi) is 7.13. The summed E-state index contributed by atoms with van der Waals surface area (Å²) in [6, 6.07) is 9.31. The van der Waals surface area contributed by atoms with Crippen LogP contribution in [0, 0.1) is 0 Å². The number of fused-ring (bicyclic) bond motifs is 1. The third-order valence-electron chi connectivity index (χ3n) is 5.52. The van der Waals surface area contributed by atoms with Gasteiger partial charge in [0.2, 0.25) is 0 Å². The Labute approximate surface area is 213 Å². The molecule has 0 saturated heterocycles. The van der Waals surface area contributed by atoms with E-state index in [1.807, 2.05) is 0 Å². The van der Waals surface area contributed by atoms with Crippen LogP contribution < -0.4 is 24.4 Å². The van der Waals surface area contributed by atoms with Crippen molar-refractivity contribution in [3.8, 4) is 17.2 Å². The van der Waals surface area contributed by atoms with Crippen LogP contribution >= 0.6 is 27.3 Å². The molecule has 0 saturated carbocycles. The number of aromatic hydroxyl groups is 1. The molecular formula is C25H23BrN2O6S. The Hall–Kier alpha value is -3.37. The maximum atomic E-state index is 13.7. The highest BCUT2D eigenvalue weighted by atomic mass is 79.9. The minimum Gasteiger partial charge on any atom is -0.507 e. The first-order valence-electron chi connectivity index (χ1n) is 10.7. The number of benzene rings is 2. The summed E-state index contributed by atoms with van der Waals surface area (Å²) >= 11 is 4.56. The van der Waals surface area contributed by atoms with Gasteiger partial charge in [-0.05, 0) is 56.3 Å². The molecule has 0 aliphatic carbocycles. The van der Waals surface area contributed by atoms with Crippen molar-refractivity contribution in [1.29, 1.82) is 0 Å². The normalized spacial score (nSPS) is 15.5. The van der Waals surface area contributed by atoms with Crippen molar-refractivity contribution in [2.24, 2.45) is 4.99 Å². The van der Waals surface area contributed by atoms with E-state index >= 15 is 0 Å². The highest BCUT2D eigenvalue weighted by Crippen LogP contribution is 2.37. The number of phenols is 1. The molecule has 1 atom stereocenters. The molecule has 1 aromatic heterocycles. The van der Waals surface area contributed by atoms with E-state index in [-0.39, 0.29) is 23.5 Å². The number of aromatic nitrogens is 1. The number of esters is 1. The Morgan fingerprint density at radius 3 is 2.69 bits per heavy atom. The molecular weight excluding hydrogens is 536 g/mol. The molecule has 1 N–H and O–H groups in total. The molecule has 0 amide bonds. The summed E-state index contributed by atoms with van der Waals surface area (Å²) in [5.41, 5.74) is 1.35. The first-order chi connectivity index (χ1) is 16.8. The Bertz CT molecular complexity index is 1520. The smallest absolute Gasteiger partial charge is 0.338 e. The number of halogens is 1. The van der Waals surface area contributed by atoms with E-state index in [0.717, 1.165) is 4.47 Å². The van der Waals surface area contributed by atoms with Crippen LogP contribution in [0.25, 0.3) is 6.08 Å². The molecule has 0 spiro atoms. The first kappa shape index (κ1) is 24.7. The molecule has 0 fully saturated rings. The summed E-state index contributed by atoms with van der Waals surface area (Å²) in [6.45, 7) is 3.60. The van der Waals surface area contributed by atoms with E-state index in [1.165, 1.54) is 30.1 Å². The number of carbonyl (C=O) groups excluding carboxylic acids is 1. The molecule has 8 nitrogen and oxygen atoms in total. The van der Waals surface area contributed by atoms with Crippen LogP contribution in [0.4, 0.5) is 0 Å². The molecule has 3 aromatic rings. The molecule has 1 aliphatic heterocycles. The maximum absolute atomic E-state index is 13.7. The predicted molar refractivity (Wildman–Crippen MR) is 136 cm³/mol.